The van der Waals surface area contributed by atoms with Gasteiger partial charge in [0, 0.05) is 29.4 Å². The van der Waals surface area contributed by atoms with E-state index >= 15 is 0 Å². The number of benzene rings is 2. The van der Waals surface area contributed by atoms with Crippen LogP contribution in [0.15, 0.2) is 66.3 Å². The fourth-order valence-electron chi connectivity index (χ4n) is 3.67. The Morgan fingerprint density at radius 3 is 2.77 bits per heavy atom. The molecule has 7 heteroatoms. The second-order valence-corrected chi connectivity index (χ2v) is 8.94. The summed E-state index contributed by atoms with van der Waals surface area (Å²) in [7, 11) is 0. The highest BCUT2D eigenvalue weighted by Crippen LogP contribution is 2.32. The molecule has 154 valence electrons. The SMILES string of the molecule is C=CCn1c(S[C@@H](C)C(=O)N2CCCc3ccccc32)nnc1-c1ccc(Cl)cc1. The smallest absolute Gasteiger partial charge is 0.240 e. The van der Waals surface area contributed by atoms with Crippen molar-refractivity contribution in [3.8, 4) is 11.4 Å². The summed E-state index contributed by atoms with van der Waals surface area (Å²) in [5, 5.41) is 9.82. The number of nitrogens with zero attached hydrogens (tertiary/aromatic N) is 4. The second kappa shape index (κ2) is 9.06. The number of carbonyl (C=O) groups is 1. The molecule has 1 aromatic heterocycles. The highest BCUT2D eigenvalue weighted by Gasteiger charge is 2.28. The average Bonchev–Trinajstić information content (AvgIpc) is 3.15. The van der Waals surface area contributed by atoms with Crippen molar-refractivity contribution in [1.82, 2.24) is 14.8 Å². The van der Waals surface area contributed by atoms with Crippen molar-refractivity contribution < 1.29 is 4.79 Å². The molecule has 0 radical (unpaired) electrons. The van der Waals surface area contributed by atoms with Crippen molar-refractivity contribution in [2.75, 3.05) is 11.4 Å². The molecular weight excluding hydrogens is 416 g/mol. The lowest BCUT2D eigenvalue weighted by Gasteiger charge is -2.31. The highest BCUT2D eigenvalue weighted by atomic mass is 35.5. The Bertz CT molecular complexity index is 1060. The van der Waals surface area contributed by atoms with Gasteiger partial charge in [-0.25, -0.2) is 0 Å². The lowest BCUT2D eigenvalue weighted by Crippen LogP contribution is -2.40. The summed E-state index contributed by atoms with van der Waals surface area (Å²) < 4.78 is 1.98. The predicted molar refractivity (Wildman–Crippen MR) is 123 cm³/mol. The lowest BCUT2D eigenvalue weighted by molar-refractivity contribution is -0.117. The van der Waals surface area contributed by atoms with E-state index in [9.17, 15) is 4.79 Å². The van der Waals surface area contributed by atoms with Gasteiger partial charge in [0.15, 0.2) is 11.0 Å². The molecule has 1 aliphatic heterocycles. The van der Waals surface area contributed by atoms with Crippen molar-refractivity contribution in [2.24, 2.45) is 0 Å². The molecule has 0 spiro atoms. The number of hydrogen-bond acceptors (Lipinski definition) is 4. The predicted octanol–water partition coefficient (Wildman–Crippen LogP) is 5.24. The van der Waals surface area contributed by atoms with Gasteiger partial charge >= 0.3 is 0 Å². The molecule has 1 atom stereocenters. The number of hydrogen-bond donors (Lipinski definition) is 0. The van der Waals surface area contributed by atoms with E-state index in [1.54, 1.807) is 6.08 Å². The maximum absolute atomic E-state index is 13.3. The van der Waals surface area contributed by atoms with E-state index in [1.165, 1.54) is 17.3 Å². The minimum absolute atomic E-state index is 0.0911. The number of amides is 1. The molecule has 2 aromatic carbocycles. The Labute approximate surface area is 185 Å². The zero-order valence-electron chi connectivity index (χ0n) is 16.8. The molecule has 2 heterocycles. The maximum atomic E-state index is 13.3. The number of halogens is 1. The van der Waals surface area contributed by atoms with Crippen molar-refractivity contribution >= 4 is 35.0 Å². The monoisotopic (exact) mass is 438 g/mol. The number of carbonyl (C=O) groups excluding carboxylic acids is 1. The molecular formula is C23H23ClN4OS. The van der Waals surface area contributed by atoms with Gasteiger partial charge < -0.3 is 4.90 Å². The highest BCUT2D eigenvalue weighted by molar-refractivity contribution is 8.00. The van der Waals surface area contributed by atoms with Crippen LogP contribution in [0.5, 0.6) is 0 Å². The first-order valence-electron chi connectivity index (χ1n) is 9.94. The molecule has 0 aliphatic carbocycles. The van der Waals surface area contributed by atoms with Crippen molar-refractivity contribution in [2.45, 2.75) is 36.7 Å². The van der Waals surface area contributed by atoms with Crippen LogP contribution in [0.2, 0.25) is 5.02 Å². The number of aryl methyl sites for hydroxylation is 1. The van der Waals surface area contributed by atoms with Crippen molar-refractivity contribution in [3.05, 3.63) is 71.8 Å². The molecule has 1 aliphatic rings. The van der Waals surface area contributed by atoms with Crippen LogP contribution >= 0.6 is 23.4 Å². The fraction of sp³-hybridized carbons (Fsp3) is 0.261. The topological polar surface area (TPSA) is 51.0 Å². The summed E-state index contributed by atoms with van der Waals surface area (Å²) in [5.41, 5.74) is 3.18. The largest absolute Gasteiger partial charge is 0.311 e. The quantitative estimate of drug-likeness (QED) is 0.390. The van der Waals surface area contributed by atoms with Crippen LogP contribution in [0, 0.1) is 0 Å². The summed E-state index contributed by atoms with van der Waals surface area (Å²) in [5.74, 6) is 0.824. The minimum Gasteiger partial charge on any atom is -0.311 e. The number of anilines is 1. The molecule has 0 saturated heterocycles. The first-order valence-corrected chi connectivity index (χ1v) is 11.2. The third-order valence-electron chi connectivity index (χ3n) is 5.14. The van der Waals surface area contributed by atoms with E-state index in [0.717, 1.165) is 36.5 Å². The number of fused-ring (bicyclic) bond motifs is 1. The van der Waals surface area contributed by atoms with Crippen molar-refractivity contribution in [3.63, 3.8) is 0 Å². The van der Waals surface area contributed by atoms with Gasteiger partial charge in [0.1, 0.15) is 0 Å². The standard InChI is InChI=1S/C23H23ClN4OS/c1-3-14-28-21(18-10-12-19(24)13-11-18)25-26-23(28)30-16(2)22(29)27-15-6-8-17-7-4-5-9-20(17)27/h3-5,7,9-13,16H,1,6,8,14-15H2,2H3/t16-/m0/s1. The summed E-state index contributed by atoms with van der Waals surface area (Å²) in [6.07, 6.45) is 3.80. The van der Waals surface area contributed by atoms with E-state index in [-0.39, 0.29) is 11.2 Å². The Kier molecular flexibility index (Phi) is 6.25. The van der Waals surface area contributed by atoms with E-state index in [4.69, 9.17) is 11.6 Å². The van der Waals surface area contributed by atoms with Crippen LogP contribution in [0.3, 0.4) is 0 Å². The molecule has 0 fully saturated rings. The van der Waals surface area contributed by atoms with E-state index in [0.29, 0.717) is 16.7 Å². The van der Waals surface area contributed by atoms with Gasteiger partial charge in [0.25, 0.3) is 0 Å². The van der Waals surface area contributed by atoms with Crippen molar-refractivity contribution in [1.29, 1.82) is 0 Å². The molecule has 0 unspecified atom stereocenters. The first-order chi connectivity index (χ1) is 14.6. The molecule has 0 bridgehead atoms. The average molecular weight is 439 g/mol. The number of allylic oxidation sites excluding steroid dienone is 1. The van der Waals surface area contributed by atoms with Gasteiger partial charge in [-0.05, 0) is 55.7 Å². The van der Waals surface area contributed by atoms with Gasteiger partial charge in [-0.1, -0.05) is 47.6 Å². The zero-order chi connectivity index (χ0) is 21.1. The van der Waals surface area contributed by atoms with Crippen LogP contribution in [-0.2, 0) is 17.8 Å². The number of aromatic nitrogens is 3. The van der Waals surface area contributed by atoms with Gasteiger partial charge in [0.05, 0.1) is 5.25 Å². The molecule has 4 rings (SSSR count). The molecule has 0 saturated carbocycles. The number of rotatable bonds is 6. The molecule has 5 nitrogen and oxygen atoms in total. The minimum atomic E-state index is -0.290. The Balaban J connectivity index is 1.57. The van der Waals surface area contributed by atoms with E-state index < -0.39 is 0 Å². The van der Waals surface area contributed by atoms with Gasteiger partial charge in [-0.2, -0.15) is 0 Å². The molecule has 0 N–H and O–H groups in total. The lowest BCUT2D eigenvalue weighted by atomic mass is 10.0. The molecule has 1 amide bonds. The second-order valence-electron chi connectivity index (χ2n) is 7.19. The summed E-state index contributed by atoms with van der Waals surface area (Å²) >= 11 is 7.44. The van der Waals surface area contributed by atoms with Crippen LogP contribution in [-0.4, -0.2) is 32.5 Å². The van der Waals surface area contributed by atoms with Crippen LogP contribution in [0.25, 0.3) is 11.4 Å². The maximum Gasteiger partial charge on any atom is 0.240 e. The van der Waals surface area contributed by atoms with E-state index in [1.807, 2.05) is 58.9 Å². The summed E-state index contributed by atoms with van der Waals surface area (Å²) in [6.45, 7) is 7.09. The van der Waals surface area contributed by atoms with Gasteiger partial charge in [-0.3, -0.25) is 9.36 Å². The Hall–Kier alpha value is -2.57. The summed E-state index contributed by atoms with van der Waals surface area (Å²) in [4.78, 5) is 15.2. The first kappa shape index (κ1) is 20.7. The summed E-state index contributed by atoms with van der Waals surface area (Å²) in [6, 6.07) is 15.6. The van der Waals surface area contributed by atoms with Crippen LogP contribution in [0.1, 0.15) is 18.9 Å². The number of para-hydroxylation sites is 1. The number of thioether (sulfide) groups is 1. The third-order valence-corrected chi connectivity index (χ3v) is 6.46. The van der Waals surface area contributed by atoms with Gasteiger partial charge in [-0.15, -0.1) is 16.8 Å². The normalized spacial score (nSPS) is 14.3. The van der Waals surface area contributed by atoms with E-state index in [2.05, 4.69) is 22.8 Å². The molecule has 30 heavy (non-hydrogen) atoms. The fourth-order valence-corrected chi connectivity index (χ4v) is 4.72. The van der Waals surface area contributed by atoms with Crippen LogP contribution < -0.4 is 4.90 Å². The zero-order valence-corrected chi connectivity index (χ0v) is 18.4. The third kappa shape index (κ3) is 4.16. The molecule has 3 aromatic rings. The Morgan fingerprint density at radius 2 is 2.00 bits per heavy atom. The van der Waals surface area contributed by atoms with Crippen LogP contribution in [0.4, 0.5) is 5.69 Å². The Morgan fingerprint density at radius 1 is 1.23 bits per heavy atom. The van der Waals surface area contributed by atoms with Gasteiger partial charge in [0.2, 0.25) is 5.91 Å².